The molecule has 0 N–H and O–H groups in total. The average molecular weight is 464 g/mol. The van der Waals surface area contributed by atoms with Gasteiger partial charge in [0.1, 0.15) is 0 Å². The minimum absolute atomic E-state index is 0.221. The summed E-state index contributed by atoms with van der Waals surface area (Å²) in [7, 11) is 4.55. The van der Waals surface area contributed by atoms with Crippen molar-refractivity contribution in [1.82, 2.24) is 4.90 Å². The number of imide groups is 1. The first-order valence-corrected chi connectivity index (χ1v) is 9.88. The van der Waals surface area contributed by atoms with E-state index in [-0.39, 0.29) is 17.7 Å². The van der Waals surface area contributed by atoms with Gasteiger partial charge in [-0.3, -0.25) is 14.5 Å². The van der Waals surface area contributed by atoms with Crippen molar-refractivity contribution in [2.45, 2.75) is 6.54 Å². The van der Waals surface area contributed by atoms with E-state index in [4.69, 9.17) is 14.2 Å². The van der Waals surface area contributed by atoms with Crippen molar-refractivity contribution in [2.75, 3.05) is 21.3 Å². The minimum Gasteiger partial charge on any atom is -0.493 e. The van der Waals surface area contributed by atoms with Crippen LogP contribution in [0.1, 0.15) is 11.1 Å². The predicted molar refractivity (Wildman–Crippen MR) is 112 cm³/mol. The van der Waals surface area contributed by atoms with Gasteiger partial charge in [-0.15, -0.1) is 0 Å². The van der Waals surface area contributed by atoms with Gasteiger partial charge in [0.05, 0.1) is 32.8 Å². The molecule has 2 amide bonds. The maximum Gasteiger partial charge on any atom is 0.293 e. The van der Waals surface area contributed by atoms with Gasteiger partial charge in [0.2, 0.25) is 5.75 Å². The summed E-state index contributed by atoms with van der Waals surface area (Å²) in [5.41, 5.74) is 1.49. The van der Waals surface area contributed by atoms with Crippen molar-refractivity contribution in [2.24, 2.45) is 0 Å². The third kappa shape index (κ3) is 4.02. The third-order valence-corrected chi connectivity index (χ3v) is 5.58. The fraction of sp³-hybridized carbons (Fsp3) is 0.200. The van der Waals surface area contributed by atoms with E-state index in [9.17, 15) is 9.59 Å². The number of hydrogen-bond donors (Lipinski definition) is 0. The van der Waals surface area contributed by atoms with Crippen LogP contribution in [0.2, 0.25) is 0 Å². The molecule has 0 aliphatic carbocycles. The molecule has 2 aromatic carbocycles. The average Bonchev–Trinajstić information content (AvgIpc) is 2.96. The molecular formula is C20H18BrNO5S. The second kappa shape index (κ2) is 8.70. The topological polar surface area (TPSA) is 65.1 Å². The van der Waals surface area contributed by atoms with Crippen LogP contribution in [-0.4, -0.2) is 37.4 Å². The Morgan fingerprint density at radius 3 is 2.25 bits per heavy atom. The molecular weight excluding hydrogens is 446 g/mol. The number of carbonyl (C=O) groups is 2. The minimum atomic E-state index is -0.338. The number of thioether (sulfide) groups is 1. The molecule has 0 spiro atoms. The van der Waals surface area contributed by atoms with Gasteiger partial charge >= 0.3 is 0 Å². The van der Waals surface area contributed by atoms with E-state index in [1.807, 2.05) is 24.3 Å². The van der Waals surface area contributed by atoms with Gasteiger partial charge in [0.25, 0.3) is 11.1 Å². The van der Waals surface area contributed by atoms with Gasteiger partial charge in [-0.05, 0) is 47.7 Å². The number of carbonyl (C=O) groups excluding carboxylic acids is 2. The molecule has 28 heavy (non-hydrogen) atoms. The third-order valence-electron chi connectivity index (χ3n) is 4.15. The fourth-order valence-corrected chi connectivity index (χ4v) is 3.88. The van der Waals surface area contributed by atoms with Crippen LogP contribution in [0.4, 0.5) is 4.79 Å². The van der Waals surface area contributed by atoms with Gasteiger partial charge in [-0.1, -0.05) is 28.1 Å². The molecule has 0 atom stereocenters. The monoisotopic (exact) mass is 463 g/mol. The van der Waals surface area contributed by atoms with Crippen LogP contribution < -0.4 is 14.2 Å². The van der Waals surface area contributed by atoms with Crippen molar-refractivity contribution >= 4 is 44.9 Å². The molecule has 0 aromatic heterocycles. The number of nitrogens with zero attached hydrogens (tertiary/aromatic N) is 1. The Morgan fingerprint density at radius 2 is 1.64 bits per heavy atom. The van der Waals surface area contributed by atoms with Crippen LogP contribution in [0.25, 0.3) is 6.08 Å². The standard InChI is InChI=1S/C20H18BrNO5S/c1-25-15-9-6-13(17(26-2)18(15)27-3)10-16-19(23)22(20(24)28-16)11-12-4-7-14(21)8-5-12/h4-10H,11H2,1-3H3/b16-10-. The molecule has 3 rings (SSSR count). The summed E-state index contributed by atoms with van der Waals surface area (Å²) in [6.45, 7) is 0.221. The summed E-state index contributed by atoms with van der Waals surface area (Å²) in [5.74, 6) is 1.03. The highest BCUT2D eigenvalue weighted by atomic mass is 79.9. The Bertz CT molecular complexity index is 942. The zero-order valence-corrected chi connectivity index (χ0v) is 17.9. The fourth-order valence-electron chi connectivity index (χ4n) is 2.79. The second-order valence-corrected chi connectivity index (χ2v) is 7.73. The van der Waals surface area contributed by atoms with Crippen molar-refractivity contribution in [3.63, 3.8) is 0 Å². The largest absolute Gasteiger partial charge is 0.493 e. The van der Waals surface area contributed by atoms with Gasteiger partial charge in [0.15, 0.2) is 11.5 Å². The van der Waals surface area contributed by atoms with E-state index in [0.717, 1.165) is 21.8 Å². The lowest BCUT2D eigenvalue weighted by atomic mass is 10.1. The SMILES string of the molecule is COc1ccc(/C=C2\SC(=O)N(Cc3ccc(Br)cc3)C2=O)c(OC)c1OC. The van der Waals surface area contributed by atoms with Crippen LogP contribution in [0.3, 0.4) is 0 Å². The quantitative estimate of drug-likeness (QED) is 0.577. The number of halogens is 1. The van der Waals surface area contributed by atoms with E-state index >= 15 is 0 Å². The van der Waals surface area contributed by atoms with Crippen molar-refractivity contribution in [1.29, 1.82) is 0 Å². The van der Waals surface area contributed by atoms with Crippen molar-refractivity contribution < 1.29 is 23.8 Å². The van der Waals surface area contributed by atoms with Gasteiger partial charge < -0.3 is 14.2 Å². The molecule has 146 valence electrons. The molecule has 0 saturated carbocycles. The Kier molecular flexibility index (Phi) is 6.31. The number of rotatable bonds is 6. The van der Waals surface area contributed by atoms with Gasteiger partial charge in [-0.2, -0.15) is 0 Å². The van der Waals surface area contributed by atoms with E-state index in [2.05, 4.69) is 15.9 Å². The zero-order valence-electron chi connectivity index (χ0n) is 15.5. The smallest absolute Gasteiger partial charge is 0.293 e. The van der Waals surface area contributed by atoms with E-state index < -0.39 is 0 Å². The highest BCUT2D eigenvalue weighted by molar-refractivity contribution is 9.10. The van der Waals surface area contributed by atoms with Crippen molar-refractivity contribution in [3.8, 4) is 17.2 Å². The summed E-state index contributed by atoms with van der Waals surface area (Å²) in [5, 5.41) is -0.307. The Hall–Kier alpha value is -2.45. The van der Waals surface area contributed by atoms with Crippen LogP contribution in [-0.2, 0) is 11.3 Å². The lowest BCUT2D eigenvalue weighted by Gasteiger charge is -2.14. The van der Waals surface area contributed by atoms with E-state index in [1.165, 1.54) is 26.2 Å². The summed E-state index contributed by atoms with van der Waals surface area (Å²) in [6, 6.07) is 11.0. The summed E-state index contributed by atoms with van der Waals surface area (Å²) in [6.07, 6.45) is 1.63. The predicted octanol–water partition coefficient (Wildman–Crippen LogP) is 4.71. The maximum absolute atomic E-state index is 12.8. The molecule has 2 aromatic rings. The number of benzene rings is 2. The van der Waals surface area contributed by atoms with Crippen LogP contribution >= 0.6 is 27.7 Å². The van der Waals surface area contributed by atoms with E-state index in [0.29, 0.717) is 27.7 Å². The maximum atomic E-state index is 12.8. The number of methoxy groups -OCH3 is 3. The zero-order chi connectivity index (χ0) is 20.3. The molecule has 1 saturated heterocycles. The van der Waals surface area contributed by atoms with Crippen LogP contribution in [0.5, 0.6) is 17.2 Å². The molecule has 8 heteroatoms. The number of hydrogen-bond acceptors (Lipinski definition) is 6. The molecule has 1 heterocycles. The molecule has 1 aliphatic rings. The molecule has 1 aliphatic heterocycles. The summed E-state index contributed by atoms with van der Waals surface area (Å²) in [4.78, 5) is 26.7. The normalized spacial score (nSPS) is 15.3. The first kappa shape index (κ1) is 20.3. The highest BCUT2D eigenvalue weighted by Crippen LogP contribution is 2.42. The van der Waals surface area contributed by atoms with Crippen LogP contribution in [0.15, 0.2) is 45.8 Å². The Balaban J connectivity index is 1.90. The lowest BCUT2D eigenvalue weighted by Crippen LogP contribution is -2.27. The van der Waals surface area contributed by atoms with Crippen molar-refractivity contribution in [3.05, 3.63) is 56.9 Å². The van der Waals surface area contributed by atoms with E-state index in [1.54, 1.807) is 18.2 Å². The number of amides is 2. The lowest BCUT2D eigenvalue weighted by molar-refractivity contribution is -0.123. The van der Waals surface area contributed by atoms with Gasteiger partial charge in [-0.25, -0.2) is 0 Å². The molecule has 1 fully saturated rings. The molecule has 0 radical (unpaired) electrons. The van der Waals surface area contributed by atoms with Crippen LogP contribution in [0, 0.1) is 0 Å². The second-order valence-electron chi connectivity index (χ2n) is 5.82. The van der Waals surface area contributed by atoms with Gasteiger partial charge in [0, 0.05) is 10.0 Å². The Labute approximate surface area is 175 Å². The molecule has 0 unspecified atom stereocenters. The molecule has 0 bridgehead atoms. The highest BCUT2D eigenvalue weighted by Gasteiger charge is 2.35. The summed E-state index contributed by atoms with van der Waals surface area (Å²) >= 11 is 4.28. The first-order chi connectivity index (χ1) is 13.5. The Morgan fingerprint density at radius 1 is 0.964 bits per heavy atom. The number of ether oxygens (including phenoxy) is 3. The summed E-state index contributed by atoms with van der Waals surface area (Å²) < 4.78 is 17.0. The molecule has 6 nitrogen and oxygen atoms in total. The first-order valence-electron chi connectivity index (χ1n) is 8.27.